The highest BCUT2D eigenvalue weighted by Gasteiger charge is 2.31. The van der Waals surface area contributed by atoms with Crippen LogP contribution in [0.2, 0.25) is 0 Å². The third kappa shape index (κ3) is 4.58. The maximum absolute atomic E-state index is 13.7. The fourth-order valence-corrected chi connectivity index (χ4v) is 4.43. The van der Waals surface area contributed by atoms with E-state index in [1.54, 1.807) is 28.5 Å². The number of anilines is 1. The minimum absolute atomic E-state index is 0.0515. The Morgan fingerprint density at radius 1 is 1.03 bits per heavy atom. The van der Waals surface area contributed by atoms with E-state index in [1.807, 2.05) is 29.2 Å². The molecule has 2 aromatic heterocycles. The second-order valence-electron chi connectivity index (χ2n) is 9.67. The van der Waals surface area contributed by atoms with Gasteiger partial charge in [-0.1, -0.05) is 39.0 Å². The van der Waals surface area contributed by atoms with E-state index >= 15 is 0 Å². The molecule has 1 aromatic carbocycles. The smallest absolute Gasteiger partial charge is 0.345 e. The van der Waals surface area contributed by atoms with Gasteiger partial charge in [0.1, 0.15) is 5.56 Å². The SMILES string of the molecule is CCOC(=O)c1c(N2CCN(C(=O)c3ccco3)CC2)c2ccccc2n(CC(C)(C)C)c1=O. The topological polar surface area (TPSA) is 85.0 Å². The molecule has 180 valence electrons. The number of nitrogens with zero attached hydrogens (tertiary/aromatic N) is 3. The molecule has 8 heteroatoms. The largest absolute Gasteiger partial charge is 0.462 e. The van der Waals surface area contributed by atoms with E-state index in [2.05, 4.69) is 20.8 Å². The van der Waals surface area contributed by atoms with Gasteiger partial charge in [-0.25, -0.2) is 4.79 Å². The van der Waals surface area contributed by atoms with E-state index in [9.17, 15) is 14.4 Å². The van der Waals surface area contributed by atoms with Gasteiger partial charge in [0.25, 0.3) is 11.5 Å². The van der Waals surface area contributed by atoms with Gasteiger partial charge in [-0.3, -0.25) is 9.59 Å². The molecule has 1 fully saturated rings. The number of carbonyl (C=O) groups excluding carboxylic acids is 2. The number of pyridine rings is 1. The van der Waals surface area contributed by atoms with E-state index in [0.717, 1.165) is 10.9 Å². The van der Waals surface area contributed by atoms with Gasteiger partial charge in [0, 0.05) is 38.1 Å². The zero-order chi connectivity index (χ0) is 24.5. The van der Waals surface area contributed by atoms with Crippen LogP contribution in [0.5, 0.6) is 0 Å². The number of fused-ring (bicyclic) bond motifs is 1. The molecule has 1 aliphatic rings. The molecule has 1 saturated heterocycles. The van der Waals surface area contributed by atoms with Crippen molar-refractivity contribution in [3.05, 3.63) is 64.3 Å². The summed E-state index contributed by atoms with van der Waals surface area (Å²) in [6, 6.07) is 11.0. The number of esters is 1. The number of para-hydroxylation sites is 1. The van der Waals surface area contributed by atoms with Crippen LogP contribution in [0, 0.1) is 5.41 Å². The van der Waals surface area contributed by atoms with Crippen molar-refractivity contribution >= 4 is 28.5 Å². The lowest BCUT2D eigenvalue weighted by molar-refractivity contribution is 0.0523. The molecule has 0 unspecified atom stereocenters. The van der Waals surface area contributed by atoms with Crippen LogP contribution < -0.4 is 10.5 Å². The normalized spacial score (nSPS) is 14.5. The van der Waals surface area contributed by atoms with Crippen LogP contribution in [0.1, 0.15) is 48.6 Å². The van der Waals surface area contributed by atoms with Crippen LogP contribution in [0.25, 0.3) is 10.9 Å². The first-order chi connectivity index (χ1) is 16.2. The number of amides is 1. The molecule has 0 saturated carbocycles. The van der Waals surface area contributed by atoms with Crippen molar-refractivity contribution in [2.75, 3.05) is 37.7 Å². The van der Waals surface area contributed by atoms with Crippen LogP contribution in [-0.4, -0.2) is 54.1 Å². The quantitative estimate of drug-likeness (QED) is 0.533. The zero-order valence-corrected chi connectivity index (χ0v) is 20.2. The van der Waals surface area contributed by atoms with Gasteiger partial charge in [-0.15, -0.1) is 0 Å². The molecule has 3 aromatic rings. The highest BCUT2D eigenvalue weighted by Crippen LogP contribution is 2.32. The van der Waals surface area contributed by atoms with E-state index in [1.165, 1.54) is 6.26 Å². The lowest BCUT2D eigenvalue weighted by Gasteiger charge is -2.37. The lowest BCUT2D eigenvalue weighted by Crippen LogP contribution is -2.49. The average Bonchev–Trinajstić information content (AvgIpc) is 3.34. The molecular weight excluding hydrogens is 434 g/mol. The number of piperazine rings is 1. The molecule has 4 rings (SSSR count). The standard InChI is InChI=1S/C26H31N3O5/c1-5-33-25(32)21-22(27-12-14-28(15-13-27)23(30)20-11-8-16-34-20)18-9-6-7-10-19(18)29(24(21)31)17-26(2,3)4/h6-11,16H,5,12-15,17H2,1-4H3. The van der Waals surface area contributed by atoms with Gasteiger partial charge in [0.15, 0.2) is 5.76 Å². The Labute approximate surface area is 198 Å². The molecule has 0 radical (unpaired) electrons. The minimum Gasteiger partial charge on any atom is -0.462 e. The van der Waals surface area contributed by atoms with Crippen LogP contribution >= 0.6 is 0 Å². The molecular formula is C26H31N3O5. The van der Waals surface area contributed by atoms with Crippen LogP contribution in [-0.2, 0) is 11.3 Å². The molecule has 1 aliphatic heterocycles. The Morgan fingerprint density at radius 3 is 2.35 bits per heavy atom. The van der Waals surface area contributed by atoms with Crippen molar-refractivity contribution in [3.63, 3.8) is 0 Å². The van der Waals surface area contributed by atoms with Crippen molar-refractivity contribution in [3.8, 4) is 0 Å². The van der Waals surface area contributed by atoms with Crippen molar-refractivity contribution in [2.45, 2.75) is 34.2 Å². The molecule has 8 nitrogen and oxygen atoms in total. The third-order valence-electron chi connectivity index (χ3n) is 5.87. The summed E-state index contributed by atoms with van der Waals surface area (Å²) in [6.07, 6.45) is 1.48. The fraction of sp³-hybridized carbons (Fsp3) is 0.423. The number of furan rings is 1. The Kier molecular flexibility index (Phi) is 6.50. The van der Waals surface area contributed by atoms with Crippen molar-refractivity contribution in [2.24, 2.45) is 5.41 Å². The number of carbonyl (C=O) groups is 2. The summed E-state index contributed by atoms with van der Waals surface area (Å²) in [5.74, 6) is -0.485. The zero-order valence-electron chi connectivity index (χ0n) is 20.2. The van der Waals surface area contributed by atoms with E-state index in [-0.39, 0.29) is 29.1 Å². The van der Waals surface area contributed by atoms with E-state index in [0.29, 0.717) is 44.2 Å². The van der Waals surface area contributed by atoms with Gasteiger partial charge in [-0.2, -0.15) is 0 Å². The summed E-state index contributed by atoms with van der Waals surface area (Å²) in [7, 11) is 0. The highest BCUT2D eigenvalue weighted by atomic mass is 16.5. The Balaban J connectivity index is 1.78. The minimum atomic E-state index is -0.620. The summed E-state index contributed by atoms with van der Waals surface area (Å²) < 4.78 is 12.3. The first-order valence-corrected chi connectivity index (χ1v) is 11.6. The van der Waals surface area contributed by atoms with E-state index in [4.69, 9.17) is 9.15 Å². The van der Waals surface area contributed by atoms with E-state index < -0.39 is 5.97 Å². The lowest BCUT2D eigenvalue weighted by atomic mass is 9.96. The Hall–Kier alpha value is -3.55. The number of hydrogen-bond acceptors (Lipinski definition) is 6. The van der Waals surface area contributed by atoms with Gasteiger partial charge < -0.3 is 23.5 Å². The van der Waals surface area contributed by atoms with Gasteiger partial charge in [0.05, 0.1) is 24.1 Å². The average molecular weight is 466 g/mol. The first-order valence-electron chi connectivity index (χ1n) is 11.6. The maximum atomic E-state index is 13.7. The molecule has 0 spiro atoms. The summed E-state index contributed by atoms with van der Waals surface area (Å²) in [5.41, 5.74) is 0.887. The molecule has 1 amide bonds. The van der Waals surface area contributed by atoms with Crippen molar-refractivity contribution in [1.29, 1.82) is 0 Å². The summed E-state index contributed by atoms with van der Waals surface area (Å²) in [6.45, 7) is 10.4. The third-order valence-corrected chi connectivity index (χ3v) is 5.87. The molecule has 0 bridgehead atoms. The van der Waals surface area contributed by atoms with Crippen LogP contribution in [0.15, 0.2) is 51.9 Å². The Morgan fingerprint density at radius 2 is 1.74 bits per heavy atom. The molecule has 34 heavy (non-hydrogen) atoms. The summed E-state index contributed by atoms with van der Waals surface area (Å²) in [5, 5.41) is 0.820. The van der Waals surface area contributed by atoms with Crippen molar-refractivity contribution < 1.29 is 18.7 Å². The van der Waals surface area contributed by atoms with Crippen molar-refractivity contribution in [1.82, 2.24) is 9.47 Å². The second kappa shape index (κ2) is 9.37. The number of aromatic nitrogens is 1. The number of ether oxygens (including phenoxy) is 1. The predicted octanol–water partition coefficient (Wildman–Crippen LogP) is 3.78. The number of rotatable bonds is 5. The van der Waals surface area contributed by atoms with Crippen LogP contribution in [0.4, 0.5) is 5.69 Å². The summed E-state index contributed by atoms with van der Waals surface area (Å²) in [4.78, 5) is 43.2. The second-order valence-corrected chi connectivity index (χ2v) is 9.67. The number of benzene rings is 1. The molecule has 0 N–H and O–H groups in total. The molecule has 3 heterocycles. The predicted molar refractivity (Wildman–Crippen MR) is 130 cm³/mol. The van der Waals surface area contributed by atoms with Gasteiger partial charge in [0.2, 0.25) is 0 Å². The number of hydrogen-bond donors (Lipinski definition) is 0. The summed E-state index contributed by atoms with van der Waals surface area (Å²) >= 11 is 0. The molecule has 0 atom stereocenters. The fourth-order valence-electron chi connectivity index (χ4n) is 4.43. The van der Waals surface area contributed by atoms with Gasteiger partial charge in [-0.05, 0) is 30.5 Å². The maximum Gasteiger partial charge on any atom is 0.345 e. The molecule has 0 aliphatic carbocycles. The first kappa shape index (κ1) is 23.6. The highest BCUT2D eigenvalue weighted by molar-refractivity contribution is 6.05. The Bertz CT molecular complexity index is 1250. The van der Waals surface area contributed by atoms with Gasteiger partial charge >= 0.3 is 5.97 Å². The van der Waals surface area contributed by atoms with Crippen LogP contribution in [0.3, 0.4) is 0 Å². The monoisotopic (exact) mass is 465 g/mol.